The van der Waals surface area contributed by atoms with E-state index < -0.39 is 0 Å². The van der Waals surface area contributed by atoms with Gasteiger partial charge in [-0.3, -0.25) is 4.79 Å². The molecule has 1 saturated heterocycles. The zero-order valence-corrected chi connectivity index (χ0v) is 13.4. The minimum absolute atomic E-state index is 0.282. The maximum Gasteiger partial charge on any atom is 0.228 e. The van der Waals surface area contributed by atoms with Gasteiger partial charge in [0.2, 0.25) is 5.91 Å². The summed E-state index contributed by atoms with van der Waals surface area (Å²) < 4.78 is 2.11. The van der Waals surface area contributed by atoms with Gasteiger partial charge in [-0.2, -0.15) is 0 Å². The molecule has 1 aliphatic heterocycles. The number of amides is 1. The lowest BCUT2D eigenvalue weighted by Crippen LogP contribution is -2.33. The van der Waals surface area contributed by atoms with Crippen LogP contribution in [-0.2, 0) is 4.79 Å². The topological polar surface area (TPSA) is 59.2 Å². The number of likely N-dealkylation sites (tertiary alicyclic amines) is 1. The number of benzene rings is 1. The molecule has 1 unspecified atom stereocenters. The predicted octanol–water partition coefficient (Wildman–Crippen LogP) is 2.72. The van der Waals surface area contributed by atoms with Gasteiger partial charge in [0.15, 0.2) is 0 Å². The molecule has 20 heavy (non-hydrogen) atoms. The van der Waals surface area contributed by atoms with Gasteiger partial charge in [0.1, 0.15) is 10.9 Å². The summed E-state index contributed by atoms with van der Waals surface area (Å²) in [6.07, 6.45) is 2.41. The molecule has 2 heterocycles. The summed E-state index contributed by atoms with van der Waals surface area (Å²) >= 11 is 5.02. The number of carbonyl (C=O) groups is 1. The Morgan fingerprint density at radius 1 is 1.45 bits per heavy atom. The molecule has 2 aromatic rings. The standard InChI is InChI=1S/C14H16BrN3OS/c15-9-3-4-11-12(7-9)20-14(17-11)10(13(16)19)8-18-5-1-2-6-18/h3-4,7,10H,1-2,5-6,8H2,(H2,16,19). The first-order valence-corrected chi connectivity index (χ1v) is 8.32. The van der Waals surface area contributed by atoms with E-state index in [0.29, 0.717) is 6.54 Å². The van der Waals surface area contributed by atoms with E-state index in [4.69, 9.17) is 5.73 Å². The van der Waals surface area contributed by atoms with E-state index in [9.17, 15) is 4.79 Å². The number of halogens is 1. The van der Waals surface area contributed by atoms with Crippen molar-refractivity contribution < 1.29 is 4.79 Å². The summed E-state index contributed by atoms with van der Waals surface area (Å²) in [5, 5.41) is 0.831. The Morgan fingerprint density at radius 2 is 2.20 bits per heavy atom. The van der Waals surface area contributed by atoms with Crippen molar-refractivity contribution in [3.63, 3.8) is 0 Å². The zero-order chi connectivity index (χ0) is 14.1. The van der Waals surface area contributed by atoms with Crippen molar-refractivity contribution >= 4 is 43.4 Å². The van der Waals surface area contributed by atoms with Gasteiger partial charge in [-0.15, -0.1) is 11.3 Å². The van der Waals surface area contributed by atoms with Crippen molar-refractivity contribution in [2.45, 2.75) is 18.8 Å². The van der Waals surface area contributed by atoms with Gasteiger partial charge in [0, 0.05) is 11.0 Å². The predicted molar refractivity (Wildman–Crippen MR) is 84.9 cm³/mol. The fourth-order valence-electron chi connectivity index (χ4n) is 2.58. The van der Waals surface area contributed by atoms with Crippen molar-refractivity contribution in [1.82, 2.24) is 9.88 Å². The lowest BCUT2D eigenvalue weighted by Gasteiger charge is -2.19. The highest BCUT2D eigenvalue weighted by molar-refractivity contribution is 9.10. The van der Waals surface area contributed by atoms with Gasteiger partial charge < -0.3 is 10.6 Å². The number of nitrogens with two attached hydrogens (primary N) is 1. The van der Waals surface area contributed by atoms with Crippen molar-refractivity contribution in [2.24, 2.45) is 5.73 Å². The minimum atomic E-state index is -0.302. The van der Waals surface area contributed by atoms with Gasteiger partial charge in [-0.25, -0.2) is 4.98 Å². The number of primary amides is 1. The van der Waals surface area contributed by atoms with Crippen LogP contribution in [0.1, 0.15) is 23.8 Å². The average molecular weight is 354 g/mol. The molecule has 106 valence electrons. The Kier molecular flexibility index (Phi) is 4.05. The summed E-state index contributed by atoms with van der Waals surface area (Å²) in [6.45, 7) is 2.80. The molecule has 3 rings (SSSR count). The molecule has 1 fully saturated rings. The van der Waals surface area contributed by atoms with Gasteiger partial charge >= 0.3 is 0 Å². The third kappa shape index (κ3) is 2.87. The number of hydrogen-bond acceptors (Lipinski definition) is 4. The first-order valence-electron chi connectivity index (χ1n) is 6.71. The van der Waals surface area contributed by atoms with Crippen LogP contribution in [0, 0.1) is 0 Å². The maximum absolute atomic E-state index is 11.8. The van der Waals surface area contributed by atoms with Crippen LogP contribution in [0.3, 0.4) is 0 Å². The lowest BCUT2D eigenvalue weighted by molar-refractivity contribution is -0.119. The highest BCUT2D eigenvalue weighted by atomic mass is 79.9. The van der Waals surface area contributed by atoms with Crippen molar-refractivity contribution in [1.29, 1.82) is 0 Å². The Balaban J connectivity index is 1.90. The molecule has 0 spiro atoms. The maximum atomic E-state index is 11.8. The fraction of sp³-hybridized carbons (Fsp3) is 0.429. The van der Waals surface area contributed by atoms with Gasteiger partial charge in [-0.05, 0) is 44.1 Å². The van der Waals surface area contributed by atoms with E-state index in [1.807, 2.05) is 18.2 Å². The Bertz CT molecular complexity index is 636. The number of nitrogens with zero attached hydrogens (tertiary/aromatic N) is 2. The van der Waals surface area contributed by atoms with Crippen LogP contribution in [0.2, 0.25) is 0 Å². The van der Waals surface area contributed by atoms with Crippen molar-refractivity contribution in [2.75, 3.05) is 19.6 Å². The molecule has 4 nitrogen and oxygen atoms in total. The number of thiazole rings is 1. The second-order valence-electron chi connectivity index (χ2n) is 5.13. The zero-order valence-electron chi connectivity index (χ0n) is 11.0. The number of fused-ring (bicyclic) bond motifs is 1. The number of carbonyl (C=O) groups excluding carboxylic acids is 1. The summed E-state index contributed by atoms with van der Waals surface area (Å²) in [6, 6.07) is 5.96. The summed E-state index contributed by atoms with van der Waals surface area (Å²) in [5.41, 5.74) is 6.52. The van der Waals surface area contributed by atoms with E-state index >= 15 is 0 Å². The van der Waals surface area contributed by atoms with Crippen LogP contribution in [0.25, 0.3) is 10.2 Å². The van der Waals surface area contributed by atoms with Crippen LogP contribution in [-0.4, -0.2) is 35.4 Å². The largest absolute Gasteiger partial charge is 0.369 e. The molecule has 6 heteroatoms. The second kappa shape index (κ2) is 5.79. The van der Waals surface area contributed by atoms with Crippen LogP contribution in [0.5, 0.6) is 0 Å². The van der Waals surface area contributed by atoms with Crippen molar-refractivity contribution in [3.05, 3.63) is 27.7 Å². The van der Waals surface area contributed by atoms with Crippen LogP contribution in [0.4, 0.5) is 0 Å². The van der Waals surface area contributed by atoms with Gasteiger partial charge in [0.05, 0.1) is 10.2 Å². The Morgan fingerprint density at radius 3 is 2.90 bits per heavy atom. The SMILES string of the molecule is NC(=O)C(CN1CCCC1)c1nc2ccc(Br)cc2s1. The number of aromatic nitrogens is 1. The van der Waals surface area contributed by atoms with E-state index in [0.717, 1.165) is 32.8 Å². The lowest BCUT2D eigenvalue weighted by atomic mass is 10.1. The highest BCUT2D eigenvalue weighted by Gasteiger charge is 2.26. The molecule has 1 aromatic heterocycles. The second-order valence-corrected chi connectivity index (χ2v) is 7.10. The van der Waals surface area contributed by atoms with Crippen LogP contribution >= 0.6 is 27.3 Å². The quantitative estimate of drug-likeness (QED) is 0.919. The Labute approximate surface area is 130 Å². The van der Waals surface area contributed by atoms with Crippen molar-refractivity contribution in [3.8, 4) is 0 Å². The first kappa shape index (κ1) is 14.0. The average Bonchev–Trinajstić information content (AvgIpc) is 3.03. The van der Waals surface area contributed by atoms with E-state index in [2.05, 4.69) is 25.8 Å². The summed E-state index contributed by atoms with van der Waals surface area (Å²) in [5.74, 6) is -0.584. The van der Waals surface area contributed by atoms with Gasteiger partial charge in [-0.1, -0.05) is 15.9 Å². The molecule has 1 amide bonds. The molecular formula is C14H16BrN3OS. The van der Waals surface area contributed by atoms with Gasteiger partial charge in [0.25, 0.3) is 0 Å². The molecular weight excluding hydrogens is 338 g/mol. The molecule has 0 bridgehead atoms. The number of rotatable bonds is 4. The molecule has 0 aliphatic carbocycles. The fourth-order valence-corrected chi connectivity index (χ4v) is 4.20. The molecule has 1 atom stereocenters. The molecule has 2 N–H and O–H groups in total. The normalized spacial score (nSPS) is 17.6. The molecule has 1 aliphatic rings. The third-order valence-electron chi connectivity index (χ3n) is 3.65. The van der Waals surface area contributed by atoms with E-state index in [-0.39, 0.29) is 11.8 Å². The van der Waals surface area contributed by atoms with E-state index in [1.54, 1.807) is 11.3 Å². The first-order chi connectivity index (χ1) is 9.63. The number of hydrogen-bond donors (Lipinski definition) is 1. The van der Waals surface area contributed by atoms with Crippen LogP contribution in [0.15, 0.2) is 22.7 Å². The van der Waals surface area contributed by atoms with E-state index in [1.165, 1.54) is 12.8 Å². The monoisotopic (exact) mass is 353 g/mol. The Hall–Kier alpha value is -0.980. The summed E-state index contributed by atoms with van der Waals surface area (Å²) in [4.78, 5) is 18.7. The third-order valence-corrected chi connectivity index (χ3v) is 5.27. The minimum Gasteiger partial charge on any atom is -0.369 e. The summed E-state index contributed by atoms with van der Waals surface area (Å²) in [7, 11) is 0. The molecule has 0 saturated carbocycles. The molecule has 0 radical (unpaired) electrons. The molecule has 1 aromatic carbocycles. The smallest absolute Gasteiger partial charge is 0.228 e. The van der Waals surface area contributed by atoms with Crippen LogP contribution < -0.4 is 5.73 Å². The highest BCUT2D eigenvalue weighted by Crippen LogP contribution is 2.30.